The van der Waals surface area contributed by atoms with Gasteiger partial charge in [0, 0.05) is 13.1 Å². The lowest BCUT2D eigenvalue weighted by Gasteiger charge is -2.32. The Bertz CT molecular complexity index is 300. The Morgan fingerprint density at radius 1 is 1.00 bits per heavy atom. The number of carboxylic acids is 1. The van der Waals surface area contributed by atoms with Crippen LogP contribution < -0.4 is 11.1 Å². The first-order valence-corrected chi connectivity index (χ1v) is 7.09. The number of hydrogen-bond acceptors (Lipinski definition) is 3. The minimum Gasteiger partial charge on any atom is -0.481 e. The van der Waals surface area contributed by atoms with Crippen molar-refractivity contribution in [3.63, 3.8) is 0 Å². The molecule has 5 nitrogen and oxygen atoms in total. The lowest BCUT2D eigenvalue weighted by Crippen LogP contribution is -2.50. The molecule has 0 aliphatic heterocycles. The number of nitrogens with two attached hydrogens (primary N) is 1. The topological polar surface area (TPSA) is 92.4 Å². The van der Waals surface area contributed by atoms with Gasteiger partial charge in [0.15, 0.2) is 0 Å². The van der Waals surface area contributed by atoms with Crippen molar-refractivity contribution in [2.75, 3.05) is 13.1 Å². The number of carbonyl (C=O) groups is 2. The molecule has 0 saturated heterocycles. The van der Waals surface area contributed by atoms with Gasteiger partial charge in [-0.05, 0) is 25.7 Å². The van der Waals surface area contributed by atoms with E-state index in [2.05, 4.69) is 5.32 Å². The highest BCUT2D eigenvalue weighted by atomic mass is 16.4. The summed E-state index contributed by atoms with van der Waals surface area (Å²) in [5.41, 5.74) is 4.26. The number of carbonyl (C=O) groups excluding carboxylic acids is 1. The van der Waals surface area contributed by atoms with E-state index in [1.807, 2.05) is 27.7 Å². The van der Waals surface area contributed by atoms with Gasteiger partial charge in [-0.1, -0.05) is 27.7 Å². The quantitative estimate of drug-likeness (QED) is 0.596. The number of aliphatic carboxylic acids is 1. The van der Waals surface area contributed by atoms with Crippen LogP contribution in [-0.4, -0.2) is 30.1 Å². The molecule has 4 N–H and O–H groups in total. The fourth-order valence-corrected chi connectivity index (χ4v) is 2.27. The highest BCUT2D eigenvalue weighted by molar-refractivity contribution is 5.84. The second-order valence-corrected chi connectivity index (χ2v) is 5.17. The van der Waals surface area contributed by atoms with Crippen molar-refractivity contribution in [3.05, 3.63) is 0 Å². The van der Waals surface area contributed by atoms with Crippen molar-refractivity contribution in [2.45, 2.75) is 53.4 Å². The van der Waals surface area contributed by atoms with Crippen LogP contribution in [0.3, 0.4) is 0 Å². The summed E-state index contributed by atoms with van der Waals surface area (Å²) in [6.45, 7) is 7.97. The normalized spacial score (nSPS) is 12.3. The Hall–Kier alpha value is -1.10. The largest absolute Gasteiger partial charge is 0.481 e. The summed E-state index contributed by atoms with van der Waals surface area (Å²) in [5, 5.41) is 12.1. The van der Waals surface area contributed by atoms with Crippen LogP contribution in [-0.2, 0) is 9.59 Å². The van der Waals surface area contributed by atoms with Crippen LogP contribution in [0, 0.1) is 10.8 Å². The third kappa shape index (κ3) is 3.69. The summed E-state index contributed by atoms with van der Waals surface area (Å²) < 4.78 is 0. The van der Waals surface area contributed by atoms with Crippen molar-refractivity contribution >= 4 is 11.9 Å². The molecule has 0 aromatic carbocycles. The van der Waals surface area contributed by atoms with E-state index >= 15 is 0 Å². The average Bonchev–Trinajstić information content (AvgIpc) is 2.42. The number of hydrogen-bond donors (Lipinski definition) is 3. The predicted octanol–water partition coefficient (Wildman–Crippen LogP) is 1.76. The molecule has 112 valence electrons. The molecule has 1 amide bonds. The van der Waals surface area contributed by atoms with Crippen molar-refractivity contribution in [2.24, 2.45) is 16.6 Å². The van der Waals surface area contributed by atoms with Crippen LogP contribution in [0.15, 0.2) is 0 Å². The SMILES string of the molecule is CCC(CC)(CNC(=O)C(CC)(CC)CN)C(=O)O. The molecule has 0 aromatic heterocycles. The second kappa shape index (κ2) is 7.48. The first-order valence-electron chi connectivity index (χ1n) is 7.09. The number of rotatable bonds is 9. The third-order valence-electron chi connectivity index (χ3n) is 4.62. The van der Waals surface area contributed by atoms with Crippen LogP contribution in [0.25, 0.3) is 0 Å². The fraction of sp³-hybridized carbons (Fsp3) is 0.857. The first kappa shape index (κ1) is 17.9. The highest BCUT2D eigenvalue weighted by Gasteiger charge is 2.38. The molecular weight excluding hydrogens is 244 g/mol. The van der Waals surface area contributed by atoms with E-state index in [-0.39, 0.29) is 19.0 Å². The van der Waals surface area contributed by atoms with E-state index in [0.29, 0.717) is 25.7 Å². The Kier molecular flexibility index (Phi) is 7.05. The van der Waals surface area contributed by atoms with E-state index < -0.39 is 16.8 Å². The lowest BCUT2D eigenvalue weighted by molar-refractivity contribution is -0.149. The van der Waals surface area contributed by atoms with Gasteiger partial charge < -0.3 is 16.2 Å². The first-order chi connectivity index (χ1) is 8.87. The molecule has 5 heteroatoms. The number of nitrogens with one attached hydrogen (secondary N) is 1. The van der Waals surface area contributed by atoms with E-state index in [0.717, 1.165) is 0 Å². The molecular formula is C14H28N2O3. The van der Waals surface area contributed by atoms with E-state index in [4.69, 9.17) is 5.73 Å². The van der Waals surface area contributed by atoms with Crippen molar-refractivity contribution in [3.8, 4) is 0 Å². The summed E-state index contributed by atoms with van der Waals surface area (Å²) in [6, 6.07) is 0. The Morgan fingerprint density at radius 3 is 1.68 bits per heavy atom. The monoisotopic (exact) mass is 272 g/mol. The Morgan fingerprint density at radius 2 is 1.42 bits per heavy atom. The summed E-state index contributed by atoms with van der Waals surface area (Å²) in [5.74, 6) is -0.989. The second-order valence-electron chi connectivity index (χ2n) is 5.17. The average molecular weight is 272 g/mol. The van der Waals surface area contributed by atoms with Gasteiger partial charge >= 0.3 is 5.97 Å². The molecule has 0 aliphatic rings. The molecule has 0 aromatic rings. The summed E-state index contributed by atoms with van der Waals surface area (Å²) in [6.07, 6.45) is 2.30. The maximum Gasteiger partial charge on any atom is 0.311 e. The van der Waals surface area contributed by atoms with Gasteiger partial charge in [-0.15, -0.1) is 0 Å². The van der Waals surface area contributed by atoms with Crippen LogP contribution in [0.5, 0.6) is 0 Å². The van der Waals surface area contributed by atoms with Gasteiger partial charge in [0.25, 0.3) is 0 Å². The standard InChI is InChI=1S/C14H28N2O3/c1-5-13(6-2,9-15)11(17)16-10-14(7-3,8-4)12(18)19/h5-10,15H2,1-4H3,(H,16,17)(H,18,19). The molecule has 0 unspecified atom stereocenters. The molecule has 0 rings (SSSR count). The zero-order valence-corrected chi connectivity index (χ0v) is 12.6. The third-order valence-corrected chi connectivity index (χ3v) is 4.62. The maximum absolute atomic E-state index is 12.3. The van der Waals surface area contributed by atoms with Gasteiger partial charge in [-0.2, -0.15) is 0 Å². The molecule has 0 atom stereocenters. The molecule has 0 aliphatic carbocycles. The van der Waals surface area contributed by atoms with E-state index in [1.54, 1.807) is 0 Å². The van der Waals surface area contributed by atoms with Crippen LogP contribution in [0.1, 0.15) is 53.4 Å². The summed E-state index contributed by atoms with van der Waals surface area (Å²) in [4.78, 5) is 23.7. The predicted molar refractivity (Wildman–Crippen MR) is 75.7 cm³/mol. The van der Waals surface area contributed by atoms with Crippen molar-refractivity contribution in [1.82, 2.24) is 5.32 Å². The lowest BCUT2D eigenvalue weighted by atomic mass is 9.79. The summed E-state index contributed by atoms with van der Waals surface area (Å²) in [7, 11) is 0. The fourth-order valence-electron chi connectivity index (χ4n) is 2.27. The highest BCUT2D eigenvalue weighted by Crippen LogP contribution is 2.28. The Labute approximate surface area is 115 Å². The van der Waals surface area contributed by atoms with Gasteiger partial charge in [-0.25, -0.2) is 0 Å². The molecule has 0 spiro atoms. The molecule has 0 fully saturated rings. The van der Waals surface area contributed by atoms with Gasteiger partial charge in [0.2, 0.25) is 5.91 Å². The smallest absolute Gasteiger partial charge is 0.311 e. The molecule has 0 radical (unpaired) electrons. The molecule has 0 saturated carbocycles. The number of carboxylic acid groups (broad SMARTS) is 1. The van der Waals surface area contributed by atoms with Crippen LogP contribution in [0.2, 0.25) is 0 Å². The molecule has 0 bridgehead atoms. The van der Waals surface area contributed by atoms with Crippen LogP contribution >= 0.6 is 0 Å². The molecule has 0 heterocycles. The summed E-state index contributed by atoms with van der Waals surface area (Å²) >= 11 is 0. The van der Waals surface area contributed by atoms with Gasteiger partial charge in [-0.3, -0.25) is 9.59 Å². The Balaban J connectivity index is 4.87. The van der Waals surface area contributed by atoms with Crippen molar-refractivity contribution in [1.29, 1.82) is 0 Å². The molecule has 19 heavy (non-hydrogen) atoms. The van der Waals surface area contributed by atoms with E-state index in [9.17, 15) is 14.7 Å². The maximum atomic E-state index is 12.3. The minimum absolute atomic E-state index is 0.132. The zero-order chi connectivity index (χ0) is 15.1. The zero-order valence-electron chi connectivity index (χ0n) is 12.6. The minimum atomic E-state index is -0.877. The van der Waals surface area contributed by atoms with Crippen molar-refractivity contribution < 1.29 is 14.7 Å². The van der Waals surface area contributed by atoms with Gasteiger partial charge in [0.05, 0.1) is 10.8 Å². The van der Waals surface area contributed by atoms with Gasteiger partial charge in [0.1, 0.15) is 0 Å². The van der Waals surface area contributed by atoms with E-state index in [1.165, 1.54) is 0 Å². The number of amides is 1. The van der Waals surface area contributed by atoms with Crippen LogP contribution in [0.4, 0.5) is 0 Å².